The summed E-state index contributed by atoms with van der Waals surface area (Å²) in [5.41, 5.74) is 2.86. The molecule has 2 aromatic carbocycles. The van der Waals surface area contributed by atoms with E-state index in [2.05, 4.69) is 12.1 Å². The monoisotopic (exact) mass is 488 g/mol. The van der Waals surface area contributed by atoms with Gasteiger partial charge in [-0.05, 0) is 68.9 Å². The van der Waals surface area contributed by atoms with Gasteiger partial charge in [-0.2, -0.15) is 4.31 Å². The molecule has 1 aliphatic heterocycles. The number of halogens is 1. The van der Waals surface area contributed by atoms with Crippen LogP contribution in [0.4, 0.5) is 0 Å². The van der Waals surface area contributed by atoms with E-state index in [1.54, 1.807) is 6.07 Å². The Morgan fingerprint density at radius 3 is 2.45 bits per heavy atom. The number of fused-ring (bicyclic) bond motifs is 1. The van der Waals surface area contributed by atoms with Crippen molar-refractivity contribution < 1.29 is 17.9 Å². The van der Waals surface area contributed by atoms with Crippen molar-refractivity contribution in [3.63, 3.8) is 0 Å². The van der Waals surface area contributed by atoms with Gasteiger partial charge in [0.1, 0.15) is 4.90 Å². The van der Waals surface area contributed by atoms with E-state index in [4.69, 9.17) is 16.3 Å². The fraction of sp³-hybridized carbons (Fsp3) is 0.480. The number of hydrogen-bond donors (Lipinski definition) is 0. The quantitative estimate of drug-likeness (QED) is 0.624. The van der Waals surface area contributed by atoms with E-state index in [1.807, 2.05) is 30.9 Å². The number of nitrogens with zero attached hydrogens (tertiary/aromatic N) is 2. The van der Waals surface area contributed by atoms with E-state index in [9.17, 15) is 13.2 Å². The number of rotatable bonds is 5. The highest BCUT2D eigenvalue weighted by Crippen LogP contribution is 2.43. The van der Waals surface area contributed by atoms with Gasteiger partial charge in [0.05, 0.1) is 23.3 Å². The van der Waals surface area contributed by atoms with Crippen LogP contribution >= 0.6 is 11.6 Å². The van der Waals surface area contributed by atoms with E-state index >= 15 is 0 Å². The van der Waals surface area contributed by atoms with Crippen LogP contribution in [0.1, 0.15) is 60.6 Å². The Bertz CT molecular complexity index is 1170. The molecule has 1 saturated heterocycles. The summed E-state index contributed by atoms with van der Waals surface area (Å²) in [6.07, 6.45) is 3.38. The molecule has 0 N–H and O–H groups in total. The van der Waals surface area contributed by atoms with Gasteiger partial charge in [0, 0.05) is 24.7 Å². The second kappa shape index (κ2) is 8.69. The first-order chi connectivity index (χ1) is 15.8. The minimum atomic E-state index is -3.86. The molecule has 1 amide bonds. The van der Waals surface area contributed by atoms with Crippen molar-refractivity contribution in [3.8, 4) is 0 Å². The second-order valence-electron chi connectivity index (χ2n) is 9.42. The lowest BCUT2D eigenvalue weighted by molar-refractivity contribution is -0.0440. The van der Waals surface area contributed by atoms with Crippen molar-refractivity contribution >= 4 is 27.5 Å². The smallest absolute Gasteiger partial charge is 0.254 e. The van der Waals surface area contributed by atoms with Crippen molar-refractivity contribution in [3.05, 3.63) is 64.2 Å². The van der Waals surface area contributed by atoms with Gasteiger partial charge in [-0.1, -0.05) is 35.9 Å². The molecule has 5 rings (SSSR count). The normalized spacial score (nSPS) is 25.6. The number of amides is 1. The third-order valence-electron chi connectivity index (χ3n) is 6.79. The molecular formula is C25H29ClN2O4S. The molecule has 1 saturated carbocycles. The van der Waals surface area contributed by atoms with Gasteiger partial charge in [-0.3, -0.25) is 4.79 Å². The average Bonchev–Trinajstić information content (AvgIpc) is 3.52. The van der Waals surface area contributed by atoms with Gasteiger partial charge < -0.3 is 9.64 Å². The van der Waals surface area contributed by atoms with E-state index in [-0.39, 0.29) is 53.2 Å². The third kappa shape index (κ3) is 4.32. The fourth-order valence-corrected chi connectivity index (χ4v) is 7.28. The summed E-state index contributed by atoms with van der Waals surface area (Å²) in [6.45, 7) is 4.22. The third-order valence-corrected chi connectivity index (χ3v) is 9.11. The minimum Gasteiger partial charge on any atom is -0.373 e. The van der Waals surface area contributed by atoms with Gasteiger partial charge in [0.2, 0.25) is 10.0 Å². The Morgan fingerprint density at radius 2 is 1.76 bits per heavy atom. The molecule has 176 valence electrons. The molecular weight excluding hydrogens is 460 g/mol. The van der Waals surface area contributed by atoms with Crippen LogP contribution in [-0.4, -0.2) is 54.9 Å². The lowest BCUT2D eigenvalue weighted by atomic mass is 10.1. The Hall–Kier alpha value is -1.93. The first-order valence-corrected chi connectivity index (χ1v) is 13.4. The summed E-state index contributed by atoms with van der Waals surface area (Å²) in [5, 5.41) is 0.127. The molecule has 3 unspecified atom stereocenters. The highest BCUT2D eigenvalue weighted by molar-refractivity contribution is 7.89. The molecule has 6 nitrogen and oxygen atoms in total. The lowest BCUT2D eigenvalue weighted by Gasteiger charge is -2.34. The van der Waals surface area contributed by atoms with Crippen LogP contribution in [0.25, 0.3) is 0 Å². The first kappa shape index (κ1) is 22.8. The zero-order valence-corrected chi connectivity index (χ0v) is 20.5. The molecule has 3 atom stereocenters. The number of benzene rings is 2. The zero-order chi connectivity index (χ0) is 23.3. The van der Waals surface area contributed by atoms with Crippen molar-refractivity contribution in [1.82, 2.24) is 9.21 Å². The molecule has 0 aromatic heterocycles. The first-order valence-electron chi connectivity index (χ1n) is 11.6. The zero-order valence-electron chi connectivity index (χ0n) is 18.9. The van der Waals surface area contributed by atoms with Crippen LogP contribution in [0, 0.1) is 0 Å². The van der Waals surface area contributed by atoms with Crippen LogP contribution in [0.15, 0.2) is 47.4 Å². The number of hydrogen-bond acceptors (Lipinski definition) is 4. The molecule has 33 heavy (non-hydrogen) atoms. The van der Waals surface area contributed by atoms with Crippen molar-refractivity contribution in [2.45, 2.75) is 68.7 Å². The standard InChI is InChI=1S/C25H29ClN2O4S/c1-16-14-27(15-17(2)32-16)33(30,31)24-13-19(7-11-22(24)26)25(29)28(20-9-10-20)23-12-8-18-5-3-4-6-21(18)23/h3-7,11,13,16-17,20,23H,8-10,12,14-15H2,1-2H3. The number of morpholine rings is 1. The lowest BCUT2D eigenvalue weighted by Crippen LogP contribution is -2.48. The maximum Gasteiger partial charge on any atom is 0.254 e. The van der Waals surface area contributed by atoms with Crippen molar-refractivity contribution in [1.29, 1.82) is 0 Å². The van der Waals surface area contributed by atoms with Crippen LogP contribution in [0.3, 0.4) is 0 Å². The summed E-state index contributed by atoms with van der Waals surface area (Å²) in [4.78, 5) is 15.7. The predicted octanol–water partition coefficient (Wildman–Crippen LogP) is 4.43. The highest BCUT2D eigenvalue weighted by Gasteiger charge is 2.41. The molecule has 8 heteroatoms. The van der Waals surface area contributed by atoms with Gasteiger partial charge in [0.25, 0.3) is 5.91 Å². The number of aryl methyl sites for hydroxylation is 1. The Balaban J connectivity index is 1.48. The van der Waals surface area contributed by atoms with Crippen molar-refractivity contribution in [2.75, 3.05) is 13.1 Å². The number of carbonyl (C=O) groups is 1. The fourth-order valence-electron chi connectivity index (χ4n) is 5.19. The highest BCUT2D eigenvalue weighted by atomic mass is 35.5. The summed E-state index contributed by atoms with van der Waals surface area (Å²) in [5.74, 6) is -0.129. The number of carbonyl (C=O) groups excluding carboxylic acids is 1. The van der Waals surface area contributed by atoms with Crippen LogP contribution in [-0.2, 0) is 21.2 Å². The Kier molecular flexibility index (Phi) is 6.02. The van der Waals surface area contributed by atoms with Crippen LogP contribution in [0.5, 0.6) is 0 Å². The summed E-state index contributed by atoms with van der Waals surface area (Å²) in [7, 11) is -3.86. The molecule has 0 spiro atoms. The van der Waals surface area contributed by atoms with E-state index in [1.165, 1.54) is 27.6 Å². The molecule has 1 heterocycles. The van der Waals surface area contributed by atoms with E-state index in [0.29, 0.717) is 5.56 Å². The van der Waals surface area contributed by atoms with Gasteiger partial charge >= 0.3 is 0 Å². The molecule has 2 fully saturated rings. The maximum absolute atomic E-state index is 13.7. The Labute approximate surface area is 200 Å². The van der Waals surface area contributed by atoms with Crippen LogP contribution < -0.4 is 0 Å². The molecule has 2 aromatic rings. The average molecular weight is 489 g/mol. The van der Waals surface area contributed by atoms with Gasteiger partial charge in [0.15, 0.2) is 0 Å². The second-order valence-corrected chi connectivity index (χ2v) is 11.7. The molecule has 0 radical (unpaired) electrons. The van der Waals surface area contributed by atoms with E-state index < -0.39 is 10.0 Å². The van der Waals surface area contributed by atoms with Gasteiger partial charge in [-0.15, -0.1) is 0 Å². The predicted molar refractivity (Wildman–Crippen MR) is 127 cm³/mol. The summed E-state index contributed by atoms with van der Waals surface area (Å²) in [6, 6.07) is 13.1. The van der Waals surface area contributed by atoms with Gasteiger partial charge in [-0.25, -0.2) is 8.42 Å². The molecule has 2 aliphatic carbocycles. The Morgan fingerprint density at radius 1 is 1.06 bits per heavy atom. The molecule has 0 bridgehead atoms. The number of sulfonamides is 1. The van der Waals surface area contributed by atoms with E-state index in [0.717, 1.165) is 25.7 Å². The minimum absolute atomic E-state index is 0.0149. The SMILES string of the molecule is CC1CN(S(=O)(=O)c2cc(C(=O)N(C3CC3)C3CCc4ccccc43)ccc2Cl)CC(C)O1. The largest absolute Gasteiger partial charge is 0.373 e. The summed E-state index contributed by atoms with van der Waals surface area (Å²) < 4.78 is 34.0. The summed E-state index contributed by atoms with van der Waals surface area (Å²) >= 11 is 6.36. The number of ether oxygens (including phenoxy) is 1. The van der Waals surface area contributed by atoms with Crippen molar-refractivity contribution in [2.24, 2.45) is 0 Å². The maximum atomic E-state index is 13.7. The molecule has 3 aliphatic rings. The topological polar surface area (TPSA) is 66.9 Å². The van der Waals surface area contributed by atoms with Crippen LogP contribution in [0.2, 0.25) is 5.02 Å².